The number of hydrogen-bond acceptors (Lipinski definition) is 2. The number of thiophene rings is 1. The van der Waals surface area contributed by atoms with Crippen LogP contribution in [-0.4, -0.2) is 23.9 Å². The van der Waals surface area contributed by atoms with E-state index in [2.05, 4.69) is 17.5 Å². The van der Waals surface area contributed by atoms with E-state index in [0.717, 1.165) is 25.9 Å². The van der Waals surface area contributed by atoms with Gasteiger partial charge in [-0.15, -0.1) is 11.3 Å². The fourth-order valence-corrected chi connectivity index (χ4v) is 4.11. The van der Waals surface area contributed by atoms with Gasteiger partial charge < -0.3 is 4.90 Å². The molecule has 0 spiro atoms. The van der Waals surface area contributed by atoms with E-state index >= 15 is 0 Å². The van der Waals surface area contributed by atoms with Crippen LogP contribution in [0.15, 0.2) is 35.7 Å². The molecule has 0 unspecified atom stereocenters. The molecule has 110 valence electrons. The maximum absolute atomic E-state index is 12.5. The average molecular weight is 340 g/mol. The van der Waals surface area contributed by atoms with Crippen LogP contribution in [0.25, 0.3) is 0 Å². The zero-order valence-corrected chi connectivity index (χ0v) is 13.7. The zero-order valence-electron chi connectivity index (χ0n) is 11.4. The third kappa shape index (κ3) is 3.25. The zero-order chi connectivity index (χ0) is 14.8. The second-order valence-corrected chi connectivity index (χ2v) is 7.03. The van der Waals surface area contributed by atoms with Crippen LogP contribution >= 0.6 is 34.5 Å². The number of rotatable bonds is 2. The summed E-state index contributed by atoms with van der Waals surface area (Å²) in [4.78, 5) is 15.8. The van der Waals surface area contributed by atoms with Gasteiger partial charge in [0.15, 0.2) is 0 Å². The van der Waals surface area contributed by atoms with Crippen molar-refractivity contribution in [1.82, 2.24) is 4.90 Å². The summed E-state index contributed by atoms with van der Waals surface area (Å²) in [6.45, 7) is 1.56. The van der Waals surface area contributed by atoms with E-state index in [0.29, 0.717) is 21.5 Å². The lowest BCUT2D eigenvalue weighted by Gasteiger charge is -2.31. The summed E-state index contributed by atoms with van der Waals surface area (Å²) < 4.78 is 0. The number of halogens is 2. The first kappa shape index (κ1) is 14.9. The molecule has 1 fully saturated rings. The van der Waals surface area contributed by atoms with Crippen LogP contribution in [0.1, 0.15) is 34.0 Å². The van der Waals surface area contributed by atoms with Crippen molar-refractivity contribution in [3.63, 3.8) is 0 Å². The van der Waals surface area contributed by atoms with E-state index in [1.54, 1.807) is 29.5 Å². The second-order valence-electron chi connectivity index (χ2n) is 5.21. The van der Waals surface area contributed by atoms with Crippen LogP contribution in [0.5, 0.6) is 0 Å². The topological polar surface area (TPSA) is 20.3 Å². The van der Waals surface area contributed by atoms with E-state index in [4.69, 9.17) is 23.2 Å². The van der Waals surface area contributed by atoms with Gasteiger partial charge in [-0.2, -0.15) is 0 Å². The van der Waals surface area contributed by atoms with Gasteiger partial charge in [0.1, 0.15) is 0 Å². The molecule has 2 nitrogen and oxygen atoms in total. The van der Waals surface area contributed by atoms with Crippen molar-refractivity contribution in [3.05, 3.63) is 56.2 Å². The first-order chi connectivity index (χ1) is 10.1. The number of carbonyl (C=O) groups excluding carboxylic acids is 1. The highest BCUT2D eigenvalue weighted by atomic mass is 35.5. The summed E-state index contributed by atoms with van der Waals surface area (Å²) in [6, 6.07) is 9.31. The Morgan fingerprint density at radius 1 is 1.19 bits per heavy atom. The van der Waals surface area contributed by atoms with Gasteiger partial charge in [-0.25, -0.2) is 0 Å². The Labute approximate surface area is 138 Å². The van der Waals surface area contributed by atoms with E-state index in [1.807, 2.05) is 4.90 Å². The Morgan fingerprint density at radius 3 is 2.57 bits per heavy atom. The van der Waals surface area contributed by atoms with Gasteiger partial charge in [0.2, 0.25) is 0 Å². The summed E-state index contributed by atoms with van der Waals surface area (Å²) in [5, 5.41) is 3.08. The molecule has 21 heavy (non-hydrogen) atoms. The molecule has 0 radical (unpaired) electrons. The predicted octanol–water partition coefficient (Wildman–Crippen LogP) is 5.07. The number of hydrogen-bond donors (Lipinski definition) is 0. The summed E-state index contributed by atoms with van der Waals surface area (Å²) in [7, 11) is 0. The fourth-order valence-electron chi connectivity index (χ4n) is 2.72. The van der Waals surface area contributed by atoms with E-state index in [1.165, 1.54) is 4.88 Å². The number of nitrogens with zero attached hydrogens (tertiary/aromatic N) is 1. The highest BCUT2D eigenvalue weighted by Crippen LogP contribution is 2.32. The molecule has 2 aromatic rings. The minimum atomic E-state index is 0.00120. The third-order valence-electron chi connectivity index (χ3n) is 3.89. The van der Waals surface area contributed by atoms with Gasteiger partial charge in [0, 0.05) is 23.0 Å². The highest BCUT2D eigenvalue weighted by Gasteiger charge is 2.26. The Hall–Kier alpha value is -1.03. The average Bonchev–Trinajstić information content (AvgIpc) is 3.01. The molecule has 1 amide bonds. The van der Waals surface area contributed by atoms with Gasteiger partial charge in [-0.05, 0) is 48.4 Å². The van der Waals surface area contributed by atoms with Crippen molar-refractivity contribution in [2.45, 2.75) is 18.8 Å². The summed E-state index contributed by atoms with van der Waals surface area (Å²) in [6.07, 6.45) is 2.02. The lowest BCUT2D eigenvalue weighted by Crippen LogP contribution is -2.37. The van der Waals surface area contributed by atoms with Crippen molar-refractivity contribution < 1.29 is 4.79 Å². The highest BCUT2D eigenvalue weighted by molar-refractivity contribution is 7.10. The minimum Gasteiger partial charge on any atom is -0.339 e. The van der Waals surface area contributed by atoms with E-state index in [9.17, 15) is 4.79 Å². The first-order valence-corrected chi connectivity index (χ1v) is 8.56. The molecule has 0 aliphatic carbocycles. The van der Waals surface area contributed by atoms with Crippen LogP contribution in [0.2, 0.25) is 10.0 Å². The number of benzene rings is 1. The van der Waals surface area contributed by atoms with Crippen LogP contribution in [-0.2, 0) is 0 Å². The molecule has 1 aromatic heterocycles. The molecule has 0 N–H and O–H groups in total. The molecule has 5 heteroatoms. The summed E-state index contributed by atoms with van der Waals surface area (Å²) >= 11 is 13.8. The number of piperidine rings is 1. The number of amides is 1. The fraction of sp³-hybridized carbons (Fsp3) is 0.312. The Balaban J connectivity index is 1.67. The second kappa shape index (κ2) is 6.39. The van der Waals surface area contributed by atoms with E-state index in [-0.39, 0.29) is 5.91 Å². The van der Waals surface area contributed by atoms with Crippen LogP contribution in [0.4, 0.5) is 0 Å². The molecule has 0 atom stereocenters. The first-order valence-electron chi connectivity index (χ1n) is 6.93. The molecule has 0 saturated carbocycles. The van der Waals surface area contributed by atoms with Crippen LogP contribution in [0.3, 0.4) is 0 Å². The Kier molecular flexibility index (Phi) is 4.53. The van der Waals surface area contributed by atoms with Crippen molar-refractivity contribution in [1.29, 1.82) is 0 Å². The maximum Gasteiger partial charge on any atom is 0.255 e. The van der Waals surface area contributed by atoms with Crippen molar-refractivity contribution >= 4 is 40.4 Å². The van der Waals surface area contributed by atoms with Crippen molar-refractivity contribution in [2.24, 2.45) is 0 Å². The standard InChI is InChI=1S/C16H15Cl2NOS/c17-12-3-4-13(14(18)10-12)16(20)19-7-5-11(6-8-19)15-2-1-9-21-15/h1-4,9-11H,5-8H2. The third-order valence-corrected chi connectivity index (χ3v) is 5.47. The smallest absolute Gasteiger partial charge is 0.255 e. The van der Waals surface area contributed by atoms with Gasteiger partial charge in [0.25, 0.3) is 5.91 Å². The molecule has 1 aliphatic rings. The quantitative estimate of drug-likeness (QED) is 0.747. The molecule has 1 aromatic carbocycles. The summed E-state index contributed by atoms with van der Waals surface area (Å²) in [5.74, 6) is 0.580. The monoisotopic (exact) mass is 339 g/mol. The lowest BCUT2D eigenvalue weighted by molar-refractivity contribution is 0.0714. The predicted molar refractivity (Wildman–Crippen MR) is 88.7 cm³/mol. The molecular weight excluding hydrogens is 325 g/mol. The van der Waals surface area contributed by atoms with Gasteiger partial charge in [0.05, 0.1) is 10.6 Å². The molecule has 1 saturated heterocycles. The molecule has 0 bridgehead atoms. The van der Waals surface area contributed by atoms with Gasteiger partial charge in [-0.3, -0.25) is 4.79 Å². The normalized spacial score (nSPS) is 16.2. The molecular formula is C16H15Cl2NOS. The Morgan fingerprint density at radius 2 is 1.95 bits per heavy atom. The van der Waals surface area contributed by atoms with Crippen molar-refractivity contribution in [2.75, 3.05) is 13.1 Å². The SMILES string of the molecule is O=C(c1ccc(Cl)cc1Cl)N1CCC(c2cccs2)CC1. The van der Waals surface area contributed by atoms with Crippen molar-refractivity contribution in [3.8, 4) is 0 Å². The largest absolute Gasteiger partial charge is 0.339 e. The van der Waals surface area contributed by atoms with Crippen LogP contribution < -0.4 is 0 Å². The number of likely N-dealkylation sites (tertiary alicyclic amines) is 1. The minimum absolute atomic E-state index is 0.00120. The number of carbonyl (C=O) groups is 1. The van der Waals surface area contributed by atoms with Gasteiger partial charge >= 0.3 is 0 Å². The van der Waals surface area contributed by atoms with E-state index < -0.39 is 0 Å². The maximum atomic E-state index is 12.5. The van der Waals surface area contributed by atoms with Crippen LogP contribution in [0, 0.1) is 0 Å². The summed E-state index contributed by atoms with van der Waals surface area (Å²) in [5.41, 5.74) is 0.538. The molecule has 1 aliphatic heterocycles. The Bertz CT molecular complexity index is 634. The lowest BCUT2D eigenvalue weighted by atomic mass is 9.95. The molecule has 2 heterocycles. The van der Waals surface area contributed by atoms with Gasteiger partial charge in [-0.1, -0.05) is 29.3 Å². The molecule has 3 rings (SSSR count).